The summed E-state index contributed by atoms with van der Waals surface area (Å²) in [6, 6.07) is 11.3. The number of ether oxygens (including phenoxy) is 3. The molecule has 5 heteroatoms. The number of hydrogen-bond donors (Lipinski definition) is 1. The Kier molecular flexibility index (Phi) is 4.18. The van der Waals surface area contributed by atoms with Crippen LogP contribution in [0, 0.1) is 0 Å². The van der Waals surface area contributed by atoms with Crippen LogP contribution in [0.15, 0.2) is 36.4 Å². The minimum absolute atomic E-state index is 0.397. The van der Waals surface area contributed by atoms with Crippen molar-refractivity contribution in [3.63, 3.8) is 0 Å². The Balaban J connectivity index is 1.67. The van der Waals surface area contributed by atoms with E-state index in [2.05, 4.69) is 0 Å². The first-order chi connectivity index (χ1) is 10.2. The first kappa shape index (κ1) is 14.0. The quantitative estimate of drug-likeness (QED) is 0.880. The van der Waals surface area contributed by atoms with E-state index in [-0.39, 0.29) is 0 Å². The Hall–Kier alpha value is -1.91. The van der Waals surface area contributed by atoms with Crippen molar-refractivity contribution >= 4 is 17.3 Å². The molecule has 3 rings (SSSR count). The summed E-state index contributed by atoms with van der Waals surface area (Å²) in [7, 11) is 0. The van der Waals surface area contributed by atoms with Crippen LogP contribution in [-0.2, 0) is 18.0 Å². The third-order valence-corrected chi connectivity index (χ3v) is 3.65. The Bertz CT molecular complexity index is 645. The van der Waals surface area contributed by atoms with Crippen molar-refractivity contribution in [2.75, 3.05) is 18.9 Å². The van der Waals surface area contributed by atoms with Gasteiger partial charge < -0.3 is 19.9 Å². The molecule has 0 spiro atoms. The zero-order valence-electron chi connectivity index (χ0n) is 11.5. The first-order valence-corrected chi connectivity index (χ1v) is 7.11. The van der Waals surface area contributed by atoms with Gasteiger partial charge in [-0.2, -0.15) is 0 Å². The smallest absolute Gasteiger partial charge is 0.163 e. The summed E-state index contributed by atoms with van der Waals surface area (Å²) in [5.74, 6) is 1.40. The van der Waals surface area contributed by atoms with Crippen LogP contribution >= 0.6 is 11.6 Å². The van der Waals surface area contributed by atoms with E-state index in [1.165, 1.54) is 0 Å². The molecule has 0 unspecified atom stereocenters. The summed E-state index contributed by atoms with van der Waals surface area (Å²) in [5.41, 5.74) is 8.48. The van der Waals surface area contributed by atoms with Gasteiger partial charge in [-0.1, -0.05) is 29.8 Å². The van der Waals surface area contributed by atoms with Crippen molar-refractivity contribution in [2.24, 2.45) is 0 Å². The van der Waals surface area contributed by atoms with Crippen LogP contribution in [0.2, 0.25) is 5.02 Å². The van der Waals surface area contributed by atoms with E-state index in [1.54, 1.807) is 6.07 Å². The summed E-state index contributed by atoms with van der Waals surface area (Å²) >= 11 is 6.09. The van der Waals surface area contributed by atoms with Crippen LogP contribution in [0.3, 0.4) is 0 Å². The topological polar surface area (TPSA) is 53.7 Å². The fourth-order valence-corrected chi connectivity index (χ4v) is 2.35. The maximum absolute atomic E-state index is 6.09. The van der Waals surface area contributed by atoms with Crippen LogP contribution in [0.25, 0.3) is 0 Å². The fraction of sp³-hybridized carbons (Fsp3) is 0.250. The molecule has 0 radical (unpaired) electrons. The van der Waals surface area contributed by atoms with Gasteiger partial charge in [0.15, 0.2) is 11.5 Å². The minimum atomic E-state index is 0.397. The molecule has 0 atom stereocenters. The van der Waals surface area contributed by atoms with E-state index >= 15 is 0 Å². The normalized spacial score (nSPS) is 13.2. The highest BCUT2D eigenvalue weighted by Crippen LogP contribution is 2.34. The Morgan fingerprint density at radius 3 is 2.43 bits per heavy atom. The average Bonchev–Trinajstić information content (AvgIpc) is 2.49. The first-order valence-electron chi connectivity index (χ1n) is 6.73. The van der Waals surface area contributed by atoms with Crippen molar-refractivity contribution < 1.29 is 14.2 Å². The van der Waals surface area contributed by atoms with E-state index in [9.17, 15) is 0 Å². The Morgan fingerprint density at radius 1 is 1.00 bits per heavy atom. The standard InChI is InChI=1S/C16H16ClNO3/c17-13-4-2-1-3-11(13)9-19-10-12-7-15-16(8-14(12)18)21-6-5-20-15/h1-4,7-8H,5-6,9-10,18H2. The highest BCUT2D eigenvalue weighted by atomic mass is 35.5. The van der Waals surface area contributed by atoms with Gasteiger partial charge in [0.1, 0.15) is 13.2 Å². The van der Waals surface area contributed by atoms with Gasteiger partial charge in [-0.3, -0.25) is 0 Å². The lowest BCUT2D eigenvalue weighted by atomic mass is 10.1. The lowest BCUT2D eigenvalue weighted by Gasteiger charge is -2.20. The number of nitrogen functional groups attached to an aromatic ring is 1. The maximum atomic E-state index is 6.09. The van der Waals surface area contributed by atoms with E-state index in [4.69, 9.17) is 31.5 Å². The van der Waals surface area contributed by atoms with Crippen molar-refractivity contribution in [3.05, 3.63) is 52.5 Å². The Labute approximate surface area is 128 Å². The second-order valence-corrected chi connectivity index (χ2v) is 5.19. The number of anilines is 1. The monoisotopic (exact) mass is 305 g/mol. The SMILES string of the molecule is Nc1cc2c(cc1COCc1ccccc1Cl)OCCO2. The molecule has 0 aliphatic carbocycles. The van der Waals surface area contributed by atoms with Crippen molar-refractivity contribution in [2.45, 2.75) is 13.2 Å². The van der Waals surface area contributed by atoms with Gasteiger partial charge in [0, 0.05) is 22.3 Å². The molecule has 2 aromatic carbocycles. The number of halogens is 1. The van der Waals surface area contributed by atoms with Gasteiger partial charge >= 0.3 is 0 Å². The van der Waals surface area contributed by atoms with Crippen molar-refractivity contribution in [3.8, 4) is 11.5 Å². The van der Waals surface area contributed by atoms with Gasteiger partial charge in [-0.05, 0) is 17.7 Å². The Morgan fingerprint density at radius 2 is 1.67 bits per heavy atom. The predicted octanol–water partition coefficient (Wildman–Crippen LogP) is 3.41. The van der Waals surface area contributed by atoms with Gasteiger partial charge in [0.2, 0.25) is 0 Å². The van der Waals surface area contributed by atoms with E-state index in [0.717, 1.165) is 11.1 Å². The van der Waals surface area contributed by atoms with E-state index < -0.39 is 0 Å². The molecular formula is C16H16ClNO3. The highest BCUT2D eigenvalue weighted by Gasteiger charge is 2.14. The van der Waals surface area contributed by atoms with Gasteiger partial charge in [-0.15, -0.1) is 0 Å². The van der Waals surface area contributed by atoms with Gasteiger partial charge in [-0.25, -0.2) is 0 Å². The van der Waals surface area contributed by atoms with Crippen LogP contribution in [-0.4, -0.2) is 13.2 Å². The van der Waals surface area contributed by atoms with E-state index in [0.29, 0.717) is 48.6 Å². The summed E-state index contributed by atoms with van der Waals surface area (Å²) in [4.78, 5) is 0. The molecule has 0 bridgehead atoms. The molecule has 4 nitrogen and oxygen atoms in total. The minimum Gasteiger partial charge on any atom is -0.486 e. The molecule has 21 heavy (non-hydrogen) atoms. The zero-order chi connectivity index (χ0) is 14.7. The van der Waals surface area contributed by atoms with Crippen LogP contribution < -0.4 is 15.2 Å². The molecule has 1 aliphatic rings. The average molecular weight is 306 g/mol. The molecule has 0 saturated carbocycles. The van der Waals surface area contributed by atoms with Gasteiger partial charge in [0.05, 0.1) is 13.2 Å². The second-order valence-electron chi connectivity index (χ2n) is 4.78. The molecule has 0 amide bonds. The summed E-state index contributed by atoms with van der Waals surface area (Å²) < 4.78 is 16.7. The fourth-order valence-electron chi connectivity index (χ4n) is 2.16. The third kappa shape index (κ3) is 3.23. The molecular weight excluding hydrogens is 290 g/mol. The molecule has 2 N–H and O–H groups in total. The lowest BCUT2D eigenvalue weighted by Crippen LogP contribution is -2.16. The predicted molar refractivity (Wildman–Crippen MR) is 81.8 cm³/mol. The third-order valence-electron chi connectivity index (χ3n) is 3.28. The number of rotatable bonds is 4. The van der Waals surface area contributed by atoms with Crippen molar-refractivity contribution in [1.29, 1.82) is 0 Å². The molecule has 1 aliphatic heterocycles. The molecule has 1 heterocycles. The molecule has 0 fully saturated rings. The summed E-state index contributed by atoms with van der Waals surface area (Å²) in [5, 5.41) is 0.702. The number of hydrogen-bond acceptors (Lipinski definition) is 4. The molecule has 2 aromatic rings. The van der Waals surface area contributed by atoms with Crippen molar-refractivity contribution in [1.82, 2.24) is 0 Å². The molecule has 0 saturated heterocycles. The molecule has 110 valence electrons. The zero-order valence-corrected chi connectivity index (χ0v) is 12.2. The second kappa shape index (κ2) is 6.24. The number of benzene rings is 2. The lowest BCUT2D eigenvalue weighted by molar-refractivity contribution is 0.107. The maximum Gasteiger partial charge on any atom is 0.163 e. The van der Waals surface area contributed by atoms with Crippen LogP contribution in [0.1, 0.15) is 11.1 Å². The summed E-state index contributed by atoms with van der Waals surface area (Å²) in [6.07, 6.45) is 0. The van der Waals surface area contributed by atoms with Crippen LogP contribution in [0.4, 0.5) is 5.69 Å². The van der Waals surface area contributed by atoms with E-state index in [1.807, 2.05) is 30.3 Å². The number of nitrogens with two attached hydrogens (primary N) is 1. The number of fused-ring (bicyclic) bond motifs is 1. The van der Waals surface area contributed by atoms with Crippen LogP contribution in [0.5, 0.6) is 11.5 Å². The largest absolute Gasteiger partial charge is 0.486 e. The summed E-state index contributed by atoms with van der Waals surface area (Å²) in [6.45, 7) is 1.94. The molecule has 0 aromatic heterocycles. The van der Waals surface area contributed by atoms with Gasteiger partial charge in [0.25, 0.3) is 0 Å². The highest BCUT2D eigenvalue weighted by molar-refractivity contribution is 6.31.